The maximum Gasteiger partial charge on any atom is 0.336 e. The number of ether oxygens (including phenoxy) is 3. The van der Waals surface area contributed by atoms with Crippen LogP contribution in [0.5, 0.6) is 5.75 Å². The van der Waals surface area contributed by atoms with Crippen LogP contribution in [0.4, 0.5) is 0 Å². The lowest BCUT2D eigenvalue weighted by atomic mass is 9.81. The fourth-order valence-corrected chi connectivity index (χ4v) is 3.29. The van der Waals surface area contributed by atoms with E-state index in [0.717, 1.165) is 11.3 Å². The van der Waals surface area contributed by atoms with Crippen molar-refractivity contribution < 1.29 is 23.8 Å². The van der Waals surface area contributed by atoms with Crippen molar-refractivity contribution >= 4 is 11.9 Å². The van der Waals surface area contributed by atoms with Crippen LogP contribution in [0.25, 0.3) is 0 Å². The van der Waals surface area contributed by atoms with Crippen LogP contribution >= 0.6 is 0 Å². The van der Waals surface area contributed by atoms with Gasteiger partial charge in [0.05, 0.1) is 31.5 Å². The van der Waals surface area contributed by atoms with Gasteiger partial charge in [-0.25, -0.2) is 9.59 Å². The van der Waals surface area contributed by atoms with Crippen molar-refractivity contribution in [1.82, 2.24) is 5.32 Å². The van der Waals surface area contributed by atoms with Crippen molar-refractivity contribution in [1.29, 1.82) is 0 Å². The summed E-state index contributed by atoms with van der Waals surface area (Å²) in [5.41, 5.74) is 3.28. The number of nitrogens with one attached hydrogen (secondary N) is 1. The molecule has 1 aliphatic rings. The van der Waals surface area contributed by atoms with Gasteiger partial charge in [-0.1, -0.05) is 12.1 Å². The van der Waals surface area contributed by atoms with E-state index in [1.807, 2.05) is 38.1 Å². The Bertz CT molecular complexity index is 721. The van der Waals surface area contributed by atoms with E-state index in [1.165, 1.54) is 0 Å². The van der Waals surface area contributed by atoms with Gasteiger partial charge in [-0.15, -0.1) is 0 Å². The zero-order valence-electron chi connectivity index (χ0n) is 16.5. The molecule has 1 N–H and O–H groups in total. The summed E-state index contributed by atoms with van der Waals surface area (Å²) in [4.78, 5) is 25.3. The molecule has 0 aliphatic carbocycles. The van der Waals surface area contributed by atoms with Crippen molar-refractivity contribution in [3.8, 4) is 5.75 Å². The molecule has 0 radical (unpaired) electrons. The molecule has 27 heavy (non-hydrogen) atoms. The number of methoxy groups -OCH3 is 1. The molecule has 0 amide bonds. The third-order valence-corrected chi connectivity index (χ3v) is 4.47. The van der Waals surface area contributed by atoms with Gasteiger partial charge >= 0.3 is 11.9 Å². The van der Waals surface area contributed by atoms with E-state index in [9.17, 15) is 9.59 Å². The van der Waals surface area contributed by atoms with Crippen molar-refractivity contribution in [2.45, 2.75) is 34.1 Å². The summed E-state index contributed by atoms with van der Waals surface area (Å²) in [6.07, 6.45) is 0.475. The van der Waals surface area contributed by atoms with Gasteiger partial charge in [-0.05, 0) is 51.8 Å². The molecular formula is C21H27NO5. The Kier molecular flexibility index (Phi) is 7.05. The van der Waals surface area contributed by atoms with Crippen LogP contribution in [0.1, 0.15) is 33.3 Å². The lowest BCUT2D eigenvalue weighted by Crippen LogP contribution is -2.34. The highest BCUT2D eigenvalue weighted by Gasteiger charge is 2.36. The van der Waals surface area contributed by atoms with Gasteiger partial charge in [-0.3, -0.25) is 0 Å². The average molecular weight is 373 g/mol. The topological polar surface area (TPSA) is 73.9 Å². The highest BCUT2D eigenvalue weighted by molar-refractivity contribution is 5.97. The number of carbonyl (C=O) groups excluding carboxylic acids is 2. The molecule has 0 saturated carbocycles. The highest BCUT2D eigenvalue weighted by atomic mass is 16.5. The molecule has 1 aliphatic heterocycles. The second kappa shape index (κ2) is 9.26. The lowest BCUT2D eigenvalue weighted by Gasteiger charge is -2.30. The number of esters is 2. The van der Waals surface area contributed by atoms with Crippen LogP contribution in [0.15, 0.2) is 46.8 Å². The molecule has 1 aromatic carbocycles. The second-order valence-corrected chi connectivity index (χ2v) is 6.25. The number of hydrogen-bond donors (Lipinski definition) is 1. The van der Waals surface area contributed by atoms with Crippen LogP contribution in [0.2, 0.25) is 0 Å². The fourth-order valence-electron chi connectivity index (χ4n) is 3.29. The number of benzene rings is 1. The summed E-state index contributed by atoms with van der Waals surface area (Å²) in [5, 5.41) is 3.13. The number of rotatable bonds is 7. The molecule has 0 atom stereocenters. The monoisotopic (exact) mass is 373 g/mol. The molecular weight excluding hydrogens is 346 g/mol. The third kappa shape index (κ3) is 4.70. The van der Waals surface area contributed by atoms with Crippen LogP contribution < -0.4 is 10.1 Å². The van der Waals surface area contributed by atoms with E-state index in [-0.39, 0.29) is 13.2 Å². The average Bonchev–Trinajstić information content (AvgIpc) is 2.62. The largest absolute Gasteiger partial charge is 0.497 e. The summed E-state index contributed by atoms with van der Waals surface area (Å²) in [5.74, 6) is -0.540. The summed E-state index contributed by atoms with van der Waals surface area (Å²) < 4.78 is 15.7. The molecule has 2 rings (SSSR count). The molecule has 6 nitrogen and oxygen atoms in total. The van der Waals surface area contributed by atoms with Gasteiger partial charge in [0.15, 0.2) is 0 Å². The first-order chi connectivity index (χ1) is 12.9. The standard InChI is InChI=1S/C21H27NO5/c1-6-26-20(23)18-13(3)22-14(4)19(21(24)27-7-2)17(18)12-15-8-10-16(25-5)11-9-15/h8-11,17,22H,6-7,12H2,1-5H3. The van der Waals surface area contributed by atoms with Gasteiger partial charge in [0.2, 0.25) is 0 Å². The molecule has 1 aromatic rings. The minimum atomic E-state index is -0.447. The Hall–Kier alpha value is -2.76. The molecule has 1 heterocycles. The number of carbonyl (C=O) groups is 2. The molecule has 0 unspecified atom stereocenters. The molecule has 0 fully saturated rings. The molecule has 0 bridgehead atoms. The lowest BCUT2D eigenvalue weighted by molar-refractivity contribution is -0.140. The van der Waals surface area contributed by atoms with E-state index >= 15 is 0 Å². The van der Waals surface area contributed by atoms with Crippen molar-refractivity contribution in [2.24, 2.45) is 5.92 Å². The maximum absolute atomic E-state index is 12.6. The summed E-state index contributed by atoms with van der Waals surface area (Å²) in [7, 11) is 1.61. The van der Waals surface area contributed by atoms with Gasteiger partial charge in [0.1, 0.15) is 5.75 Å². The van der Waals surface area contributed by atoms with E-state index in [0.29, 0.717) is 29.0 Å². The zero-order valence-corrected chi connectivity index (χ0v) is 16.5. The van der Waals surface area contributed by atoms with Crippen molar-refractivity contribution in [3.63, 3.8) is 0 Å². The summed E-state index contributed by atoms with van der Waals surface area (Å²) in [6, 6.07) is 7.57. The van der Waals surface area contributed by atoms with Crippen LogP contribution in [-0.4, -0.2) is 32.3 Å². The maximum atomic E-state index is 12.6. The predicted octanol–water partition coefficient (Wildman–Crippen LogP) is 3.13. The highest BCUT2D eigenvalue weighted by Crippen LogP contribution is 2.34. The minimum Gasteiger partial charge on any atom is -0.497 e. The fraction of sp³-hybridized carbons (Fsp3) is 0.429. The first kappa shape index (κ1) is 20.6. The molecule has 6 heteroatoms. The van der Waals surface area contributed by atoms with E-state index in [2.05, 4.69) is 5.32 Å². The molecule has 146 valence electrons. The Balaban J connectivity index is 2.46. The van der Waals surface area contributed by atoms with E-state index in [1.54, 1.807) is 21.0 Å². The number of hydrogen-bond acceptors (Lipinski definition) is 6. The normalized spacial score (nSPS) is 14.7. The van der Waals surface area contributed by atoms with Crippen LogP contribution in [0.3, 0.4) is 0 Å². The van der Waals surface area contributed by atoms with Crippen LogP contribution in [0, 0.1) is 5.92 Å². The van der Waals surface area contributed by atoms with E-state index < -0.39 is 17.9 Å². The van der Waals surface area contributed by atoms with Crippen molar-refractivity contribution in [2.75, 3.05) is 20.3 Å². The number of dihydropyridines is 1. The van der Waals surface area contributed by atoms with Gasteiger partial charge in [-0.2, -0.15) is 0 Å². The SMILES string of the molecule is CCOC(=O)C1=C(C)NC(C)=C(C(=O)OCC)C1Cc1ccc(OC)cc1. The summed E-state index contributed by atoms with van der Waals surface area (Å²) in [6.45, 7) is 7.69. The first-order valence-electron chi connectivity index (χ1n) is 9.08. The quantitative estimate of drug-likeness (QED) is 0.740. The molecule has 0 aromatic heterocycles. The Morgan fingerprint density at radius 1 is 0.926 bits per heavy atom. The molecule has 0 spiro atoms. The Morgan fingerprint density at radius 2 is 1.41 bits per heavy atom. The van der Waals surface area contributed by atoms with Crippen molar-refractivity contribution in [3.05, 3.63) is 52.4 Å². The number of allylic oxidation sites excluding steroid dienone is 2. The first-order valence-corrected chi connectivity index (χ1v) is 9.08. The Labute approximate surface area is 160 Å². The van der Waals surface area contributed by atoms with Gasteiger partial charge in [0, 0.05) is 17.3 Å². The predicted molar refractivity (Wildman–Crippen MR) is 102 cm³/mol. The summed E-state index contributed by atoms with van der Waals surface area (Å²) >= 11 is 0. The minimum absolute atomic E-state index is 0.266. The van der Waals surface area contributed by atoms with E-state index in [4.69, 9.17) is 14.2 Å². The van der Waals surface area contributed by atoms with Crippen LogP contribution in [-0.2, 0) is 25.5 Å². The third-order valence-electron chi connectivity index (χ3n) is 4.47. The zero-order chi connectivity index (χ0) is 20.0. The Morgan fingerprint density at radius 3 is 1.81 bits per heavy atom. The van der Waals surface area contributed by atoms with Gasteiger partial charge < -0.3 is 19.5 Å². The van der Waals surface area contributed by atoms with Gasteiger partial charge in [0.25, 0.3) is 0 Å². The molecule has 0 saturated heterocycles. The smallest absolute Gasteiger partial charge is 0.336 e. The second-order valence-electron chi connectivity index (χ2n) is 6.25.